The quantitative estimate of drug-likeness (QED) is 0.711. The van der Waals surface area contributed by atoms with E-state index < -0.39 is 5.66 Å². The molecule has 0 radical (unpaired) electrons. The summed E-state index contributed by atoms with van der Waals surface area (Å²) in [6, 6.07) is 3.59. The zero-order chi connectivity index (χ0) is 17.5. The third-order valence-corrected chi connectivity index (χ3v) is 4.41. The molecule has 25 heavy (non-hydrogen) atoms. The van der Waals surface area contributed by atoms with Crippen molar-refractivity contribution in [3.05, 3.63) is 18.3 Å². The van der Waals surface area contributed by atoms with Crippen LogP contribution in [0.2, 0.25) is 0 Å². The van der Waals surface area contributed by atoms with E-state index in [2.05, 4.69) is 31.8 Å². The number of piperidine rings is 1. The molecule has 3 heterocycles. The molecule has 1 aromatic heterocycles. The van der Waals surface area contributed by atoms with Gasteiger partial charge in [-0.05, 0) is 38.1 Å². The molecule has 0 aromatic carbocycles. The average Bonchev–Trinajstić information content (AvgIpc) is 3.41. The van der Waals surface area contributed by atoms with Crippen LogP contribution in [-0.4, -0.2) is 35.7 Å². The molecule has 1 saturated heterocycles. The molecule has 2 aliphatic rings. The van der Waals surface area contributed by atoms with Gasteiger partial charge in [-0.3, -0.25) is 4.79 Å². The summed E-state index contributed by atoms with van der Waals surface area (Å²) >= 11 is 0. The number of carbonyl (C=O) groups excluding carboxylic acids is 1. The second-order valence-corrected chi connectivity index (χ2v) is 6.36. The van der Waals surface area contributed by atoms with Crippen molar-refractivity contribution in [2.45, 2.75) is 50.3 Å². The van der Waals surface area contributed by atoms with Gasteiger partial charge in [0, 0.05) is 31.9 Å². The topological polar surface area (TPSA) is 88.0 Å². The Hall–Kier alpha value is -2.46. The molecule has 0 aliphatic carbocycles. The Morgan fingerprint density at radius 2 is 2.20 bits per heavy atom. The van der Waals surface area contributed by atoms with E-state index in [-0.39, 0.29) is 12.0 Å². The third kappa shape index (κ3) is 5.00. The first-order chi connectivity index (χ1) is 12.2. The molecule has 2 N–H and O–H groups in total. The second-order valence-electron chi connectivity index (χ2n) is 6.36. The van der Waals surface area contributed by atoms with Gasteiger partial charge in [-0.25, -0.2) is 4.98 Å². The predicted octanol–water partition coefficient (Wildman–Crippen LogP) is 2.51. The molecule has 1 amide bonds. The highest BCUT2D eigenvalue weighted by Gasteiger charge is 2.39. The lowest BCUT2D eigenvalue weighted by Crippen LogP contribution is -2.34. The molecule has 0 unspecified atom stereocenters. The van der Waals surface area contributed by atoms with Gasteiger partial charge in [-0.1, -0.05) is 0 Å². The van der Waals surface area contributed by atoms with Gasteiger partial charge in [0.25, 0.3) is 0 Å². The van der Waals surface area contributed by atoms with Crippen molar-refractivity contribution in [2.75, 3.05) is 18.4 Å². The van der Waals surface area contributed by atoms with Gasteiger partial charge in [0.05, 0.1) is 0 Å². The Balaban J connectivity index is 1.52. The number of anilines is 1. The number of hydrogen-bond acceptors (Lipinski definition) is 6. The third-order valence-electron chi connectivity index (χ3n) is 4.41. The Morgan fingerprint density at radius 3 is 2.92 bits per heavy atom. The van der Waals surface area contributed by atoms with Crippen molar-refractivity contribution in [3.8, 4) is 18.2 Å². The van der Waals surface area contributed by atoms with Crippen molar-refractivity contribution in [2.24, 2.45) is 10.2 Å². The van der Waals surface area contributed by atoms with Gasteiger partial charge in [0.2, 0.25) is 11.8 Å². The van der Waals surface area contributed by atoms with E-state index in [0.717, 1.165) is 25.9 Å². The van der Waals surface area contributed by atoms with Gasteiger partial charge in [-0.15, -0.1) is 12.3 Å². The fourth-order valence-electron chi connectivity index (χ4n) is 2.85. The van der Waals surface area contributed by atoms with Gasteiger partial charge < -0.3 is 15.4 Å². The first kappa shape index (κ1) is 17.4. The maximum Gasteiger partial charge on any atom is 0.238 e. The van der Waals surface area contributed by atoms with Crippen LogP contribution in [0.1, 0.15) is 38.5 Å². The van der Waals surface area contributed by atoms with Crippen LogP contribution in [-0.2, 0) is 4.79 Å². The van der Waals surface area contributed by atoms with Crippen molar-refractivity contribution in [1.29, 1.82) is 0 Å². The first-order valence-electron chi connectivity index (χ1n) is 8.70. The number of carbonyl (C=O) groups is 1. The van der Waals surface area contributed by atoms with Crippen LogP contribution in [0.25, 0.3) is 0 Å². The number of ether oxygens (including phenoxy) is 1. The Kier molecular flexibility index (Phi) is 5.61. The number of nitrogens with zero attached hydrogens (tertiary/aromatic N) is 3. The summed E-state index contributed by atoms with van der Waals surface area (Å²) in [7, 11) is 0. The van der Waals surface area contributed by atoms with E-state index >= 15 is 0 Å². The van der Waals surface area contributed by atoms with E-state index in [4.69, 9.17) is 11.2 Å². The van der Waals surface area contributed by atoms with E-state index in [1.807, 2.05) is 0 Å². The van der Waals surface area contributed by atoms with Crippen LogP contribution in [0.4, 0.5) is 5.69 Å². The summed E-state index contributed by atoms with van der Waals surface area (Å²) in [5.74, 6) is 2.97. The molecular weight excluding hydrogens is 318 g/mol. The van der Waals surface area contributed by atoms with Gasteiger partial charge in [-0.2, -0.15) is 10.2 Å². The predicted molar refractivity (Wildman–Crippen MR) is 94.3 cm³/mol. The molecule has 7 nitrogen and oxygen atoms in total. The lowest BCUT2D eigenvalue weighted by atomic mass is 10.0. The Labute approximate surface area is 147 Å². The van der Waals surface area contributed by atoms with E-state index in [0.29, 0.717) is 37.3 Å². The van der Waals surface area contributed by atoms with Crippen LogP contribution >= 0.6 is 0 Å². The molecule has 0 spiro atoms. The lowest BCUT2D eigenvalue weighted by molar-refractivity contribution is -0.116. The summed E-state index contributed by atoms with van der Waals surface area (Å²) in [4.78, 5) is 16.5. The van der Waals surface area contributed by atoms with Crippen molar-refractivity contribution >= 4 is 11.6 Å². The average molecular weight is 341 g/mol. The molecule has 1 fully saturated rings. The molecule has 2 aliphatic heterocycles. The largest absolute Gasteiger partial charge is 0.473 e. The SMILES string of the molecule is C#CCCC1(CCC(=O)Nc2cccnc2OC2CCNCC2)N=N1. The van der Waals surface area contributed by atoms with Crippen LogP contribution in [0.3, 0.4) is 0 Å². The number of aromatic nitrogens is 1. The molecule has 7 heteroatoms. The fourth-order valence-corrected chi connectivity index (χ4v) is 2.85. The van der Waals surface area contributed by atoms with Crippen molar-refractivity contribution in [1.82, 2.24) is 10.3 Å². The van der Waals surface area contributed by atoms with Crippen molar-refractivity contribution < 1.29 is 9.53 Å². The summed E-state index contributed by atoms with van der Waals surface area (Å²) in [5.41, 5.74) is 0.168. The molecule has 3 rings (SSSR count). The Bertz CT molecular complexity index is 670. The van der Waals surface area contributed by atoms with Crippen LogP contribution in [0, 0.1) is 12.3 Å². The number of terminal acetylenes is 1. The molecular formula is C18H23N5O2. The van der Waals surface area contributed by atoms with E-state index in [1.165, 1.54) is 0 Å². The fraction of sp³-hybridized carbons (Fsp3) is 0.556. The molecule has 0 saturated carbocycles. The first-order valence-corrected chi connectivity index (χ1v) is 8.70. The molecule has 132 valence electrons. The minimum absolute atomic E-state index is 0.0967. The second kappa shape index (κ2) is 8.08. The molecule has 0 atom stereocenters. The maximum absolute atomic E-state index is 12.3. The van der Waals surface area contributed by atoms with E-state index in [1.54, 1.807) is 18.3 Å². The maximum atomic E-state index is 12.3. The standard InChI is InChI=1S/C18H23N5O2/c1-2-3-9-18(22-23-18)10-6-16(24)21-15-5-4-11-20-17(15)25-14-7-12-19-13-8-14/h1,4-5,11,14,19H,3,6-10,12-13H2,(H,21,24). The zero-order valence-corrected chi connectivity index (χ0v) is 14.2. The van der Waals surface area contributed by atoms with Crippen LogP contribution in [0.15, 0.2) is 28.6 Å². The minimum atomic E-state index is -0.437. The monoisotopic (exact) mass is 341 g/mol. The van der Waals surface area contributed by atoms with E-state index in [9.17, 15) is 4.79 Å². The minimum Gasteiger partial charge on any atom is -0.473 e. The highest BCUT2D eigenvalue weighted by molar-refractivity contribution is 5.91. The highest BCUT2D eigenvalue weighted by Crippen LogP contribution is 2.37. The van der Waals surface area contributed by atoms with Gasteiger partial charge >= 0.3 is 0 Å². The Morgan fingerprint density at radius 1 is 1.40 bits per heavy atom. The summed E-state index contributed by atoms with van der Waals surface area (Å²) in [6.45, 7) is 1.87. The van der Waals surface area contributed by atoms with Crippen LogP contribution in [0.5, 0.6) is 5.88 Å². The van der Waals surface area contributed by atoms with Gasteiger partial charge in [0.1, 0.15) is 11.8 Å². The van der Waals surface area contributed by atoms with Crippen molar-refractivity contribution in [3.63, 3.8) is 0 Å². The summed E-state index contributed by atoms with van der Waals surface area (Å²) < 4.78 is 5.97. The molecule has 1 aromatic rings. The summed E-state index contributed by atoms with van der Waals surface area (Å²) in [6.07, 6.45) is 11.2. The number of hydrogen-bond donors (Lipinski definition) is 2. The molecule has 0 bridgehead atoms. The van der Waals surface area contributed by atoms with Crippen LogP contribution < -0.4 is 15.4 Å². The number of amides is 1. The highest BCUT2D eigenvalue weighted by atomic mass is 16.5. The zero-order valence-electron chi connectivity index (χ0n) is 14.2. The number of pyridine rings is 1. The smallest absolute Gasteiger partial charge is 0.238 e. The normalized spacial score (nSPS) is 18.4. The lowest BCUT2D eigenvalue weighted by Gasteiger charge is -2.24. The summed E-state index contributed by atoms with van der Waals surface area (Å²) in [5, 5.41) is 14.3. The number of nitrogens with one attached hydrogen (secondary N) is 2. The number of rotatable bonds is 8. The van der Waals surface area contributed by atoms with Gasteiger partial charge in [0.15, 0.2) is 5.66 Å².